The third-order valence-electron chi connectivity index (χ3n) is 3.06. The molecular formula is C12H16N2O5S. The van der Waals surface area contributed by atoms with Gasteiger partial charge in [-0.15, -0.1) is 0 Å². The van der Waals surface area contributed by atoms with E-state index in [4.69, 9.17) is 14.8 Å². The SMILES string of the molecule is Cc1oc(C)c(S(=O)(=O)N(C)C(C)CC#N)c1C(=O)O. The number of nitriles is 1. The summed E-state index contributed by atoms with van der Waals surface area (Å²) < 4.78 is 31.1. The molecule has 0 fully saturated rings. The topological polar surface area (TPSA) is 112 Å². The first kappa shape index (κ1) is 16.2. The van der Waals surface area contributed by atoms with Crippen LogP contribution in [0.3, 0.4) is 0 Å². The second kappa shape index (κ2) is 5.64. The van der Waals surface area contributed by atoms with Gasteiger partial charge in [-0.2, -0.15) is 9.57 Å². The molecule has 0 amide bonds. The molecule has 0 aliphatic carbocycles. The van der Waals surface area contributed by atoms with Crippen LogP contribution in [0.15, 0.2) is 9.31 Å². The van der Waals surface area contributed by atoms with Crippen LogP contribution in [0.25, 0.3) is 0 Å². The average molecular weight is 300 g/mol. The summed E-state index contributed by atoms with van der Waals surface area (Å²) in [5, 5.41) is 17.8. The molecule has 1 N–H and O–H groups in total. The maximum absolute atomic E-state index is 12.5. The van der Waals surface area contributed by atoms with Gasteiger partial charge in [-0.1, -0.05) is 0 Å². The Balaban J connectivity index is 3.44. The van der Waals surface area contributed by atoms with Crippen molar-refractivity contribution < 1.29 is 22.7 Å². The van der Waals surface area contributed by atoms with Crippen LogP contribution in [0.4, 0.5) is 0 Å². The number of nitrogens with zero attached hydrogens (tertiary/aromatic N) is 2. The molecule has 0 spiro atoms. The maximum Gasteiger partial charge on any atom is 0.340 e. The van der Waals surface area contributed by atoms with Crippen molar-refractivity contribution in [3.8, 4) is 6.07 Å². The van der Waals surface area contributed by atoms with Gasteiger partial charge in [0.05, 0.1) is 12.5 Å². The summed E-state index contributed by atoms with van der Waals surface area (Å²) in [4.78, 5) is 10.9. The van der Waals surface area contributed by atoms with Gasteiger partial charge in [-0.3, -0.25) is 0 Å². The highest BCUT2D eigenvalue weighted by Gasteiger charge is 2.35. The van der Waals surface area contributed by atoms with Crippen LogP contribution in [0.5, 0.6) is 0 Å². The summed E-state index contributed by atoms with van der Waals surface area (Å²) in [5.41, 5.74) is -0.362. The molecule has 0 aliphatic heterocycles. The molecule has 1 unspecified atom stereocenters. The molecule has 1 rings (SSSR count). The predicted molar refractivity (Wildman–Crippen MR) is 69.8 cm³/mol. The lowest BCUT2D eigenvalue weighted by Gasteiger charge is -2.22. The van der Waals surface area contributed by atoms with E-state index in [1.807, 2.05) is 6.07 Å². The zero-order valence-corrected chi connectivity index (χ0v) is 12.5. The maximum atomic E-state index is 12.5. The lowest BCUT2D eigenvalue weighted by Crippen LogP contribution is -2.35. The second-order valence-corrected chi connectivity index (χ2v) is 6.39. The summed E-state index contributed by atoms with van der Waals surface area (Å²) in [6.45, 7) is 4.37. The lowest BCUT2D eigenvalue weighted by atomic mass is 10.2. The van der Waals surface area contributed by atoms with Gasteiger partial charge in [0.2, 0.25) is 10.0 Å². The fourth-order valence-corrected chi connectivity index (χ4v) is 3.59. The molecule has 1 atom stereocenters. The largest absolute Gasteiger partial charge is 0.478 e. The Morgan fingerprint density at radius 1 is 1.45 bits per heavy atom. The number of hydrogen-bond donors (Lipinski definition) is 1. The summed E-state index contributed by atoms with van der Waals surface area (Å²) in [6.07, 6.45) is 0.00795. The number of furan rings is 1. The first-order valence-electron chi connectivity index (χ1n) is 5.82. The van der Waals surface area contributed by atoms with Crippen LogP contribution in [-0.4, -0.2) is 36.9 Å². The molecule has 1 aromatic rings. The number of aromatic carboxylic acids is 1. The molecule has 0 radical (unpaired) electrons. The summed E-state index contributed by atoms with van der Waals surface area (Å²) in [5.74, 6) is -1.30. The van der Waals surface area contributed by atoms with E-state index in [1.54, 1.807) is 6.92 Å². The van der Waals surface area contributed by atoms with E-state index in [2.05, 4.69) is 0 Å². The smallest absolute Gasteiger partial charge is 0.340 e. The highest BCUT2D eigenvalue weighted by molar-refractivity contribution is 7.89. The predicted octanol–water partition coefficient (Wildman–Crippen LogP) is 1.52. The van der Waals surface area contributed by atoms with Gasteiger partial charge >= 0.3 is 5.97 Å². The van der Waals surface area contributed by atoms with Gasteiger partial charge in [0.15, 0.2) is 0 Å². The first-order valence-corrected chi connectivity index (χ1v) is 7.26. The third-order valence-corrected chi connectivity index (χ3v) is 5.19. The van der Waals surface area contributed by atoms with Crippen LogP contribution in [0.2, 0.25) is 0 Å². The molecule has 0 saturated carbocycles. The van der Waals surface area contributed by atoms with Crippen molar-refractivity contribution in [2.75, 3.05) is 7.05 Å². The first-order chi connectivity index (χ1) is 9.14. The Kier molecular flexibility index (Phi) is 4.57. The highest BCUT2D eigenvalue weighted by Crippen LogP contribution is 2.29. The van der Waals surface area contributed by atoms with Crippen LogP contribution >= 0.6 is 0 Å². The molecule has 110 valence electrons. The monoisotopic (exact) mass is 300 g/mol. The van der Waals surface area contributed by atoms with Gasteiger partial charge in [-0.25, -0.2) is 13.2 Å². The van der Waals surface area contributed by atoms with E-state index in [-0.39, 0.29) is 28.4 Å². The minimum atomic E-state index is -4.04. The zero-order chi connectivity index (χ0) is 15.7. The zero-order valence-electron chi connectivity index (χ0n) is 11.7. The second-order valence-electron chi connectivity index (χ2n) is 4.46. The van der Waals surface area contributed by atoms with Crippen LogP contribution in [-0.2, 0) is 10.0 Å². The van der Waals surface area contributed by atoms with Gasteiger partial charge in [0.25, 0.3) is 0 Å². The molecule has 8 heteroatoms. The Hall–Kier alpha value is -1.85. The van der Waals surface area contributed by atoms with E-state index in [9.17, 15) is 13.2 Å². The number of carboxylic acids is 1. The van der Waals surface area contributed by atoms with Crippen molar-refractivity contribution in [1.82, 2.24) is 4.31 Å². The van der Waals surface area contributed by atoms with Gasteiger partial charge in [0.1, 0.15) is 22.0 Å². The van der Waals surface area contributed by atoms with Crippen molar-refractivity contribution in [3.63, 3.8) is 0 Å². The van der Waals surface area contributed by atoms with Crippen molar-refractivity contribution in [1.29, 1.82) is 5.26 Å². The van der Waals surface area contributed by atoms with Crippen molar-refractivity contribution >= 4 is 16.0 Å². The lowest BCUT2D eigenvalue weighted by molar-refractivity contribution is 0.0691. The van der Waals surface area contributed by atoms with E-state index in [0.717, 1.165) is 4.31 Å². The standard InChI is InChI=1S/C12H16N2O5S/c1-7(5-6-13)14(4)20(17,18)11-9(3)19-8(2)10(11)12(15)16/h7H,5H2,1-4H3,(H,15,16). The Labute approximate surface area is 117 Å². The summed E-state index contributed by atoms with van der Waals surface area (Å²) in [7, 11) is -2.73. The number of rotatable bonds is 5. The Morgan fingerprint density at radius 3 is 2.45 bits per heavy atom. The Bertz CT molecular complexity index is 669. The minimum absolute atomic E-state index is 0.00795. The van der Waals surface area contributed by atoms with Crippen molar-refractivity contribution in [3.05, 3.63) is 17.1 Å². The molecule has 20 heavy (non-hydrogen) atoms. The number of sulfonamides is 1. The quantitative estimate of drug-likeness (QED) is 0.882. The molecule has 0 aliphatic rings. The molecule has 1 aromatic heterocycles. The average Bonchev–Trinajstić information content (AvgIpc) is 2.64. The molecule has 0 aromatic carbocycles. The van der Waals surface area contributed by atoms with Crippen LogP contribution in [0.1, 0.15) is 35.2 Å². The minimum Gasteiger partial charge on any atom is -0.478 e. The normalized spacial score (nSPS) is 13.2. The van der Waals surface area contributed by atoms with Crippen molar-refractivity contribution in [2.45, 2.75) is 38.1 Å². The van der Waals surface area contributed by atoms with Crippen LogP contribution < -0.4 is 0 Å². The van der Waals surface area contributed by atoms with Crippen LogP contribution in [0, 0.1) is 25.2 Å². The van der Waals surface area contributed by atoms with E-state index in [1.165, 1.54) is 20.9 Å². The number of carboxylic acid groups (broad SMARTS) is 1. The molecule has 7 nitrogen and oxygen atoms in total. The summed E-state index contributed by atoms with van der Waals surface area (Å²) >= 11 is 0. The number of aryl methyl sites for hydroxylation is 2. The van der Waals surface area contributed by atoms with E-state index in [0.29, 0.717) is 0 Å². The highest BCUT2D eigenvalue weighted by atomic mass is 32.2. The fraction of sp³-hybridized carbons (Fsp3) is 0.500. The number of hydrogen-bond acceptors (Lipinski definition) is 5. The molecule has 0 saturated heterocycles. The summed E-state index contributed by atoms with van der Waals surface area (Å²) in [6, 6.07) is 1.31. The van der Waals surface area contributed by atoms with Gasteiger partial charge in [-0.05, 0) is 20.8 Å². The fourth-order valence-electron chi connectivity index (χ4n) is 1.86. The third kappa shape index (κ3) is 2.69. The number of carbonyl (C=O) groups is 1. The van der Waals surface area contributed by atoms with Gasteiger partial charge < -0.3 is 9.52 Å². The van der Waals surface area contributed by atoms with E-state index >= 15 is 0 Å². The Morgan fingerprint density at radius 2 is 2.00 bits per heavy atom. The van der Waals surface area contributed by atoms with Crippen molar-refractivity contribution in [2.24, 2.45) is 0 Å². The molecule has 0 bridgehead atoms. The van der Waals surface area contributed by atoms with E-state index < -0.39 is 22.0 Å². The molecular weight excluding hydrogens is 284 g/mol. The molecule has 1 heterocycles. The van der Waals surface area contributed by atoms with Gasteiger partial charge in [0, 0.05) is 13.1 Å².